The highest BCUT2D eigenvalue weighted by Gasteiger charge is 2.50. The zero-order valence-corrected chi connectivity index (χ0v) is 46.7. The van der Waals surface area contributed by atoms with Crippen molar-refractivity contribution in [3.8, 4) is 11.6 Å². The van der Waals surface area contributed by atoms with Crippen LogP contribution in [0.5, 0.6) is 11.6 Å². The summed E-state index contributed by atoms with van der Waals surface area (Å²) in [6.45, 7) is 12.9. The van der Waals surface area contributed by atoms with Gasteiger partial charge in [0.05, 0.1) is 47.3 Å². The van der Waals surface area contributed by atoms with E-state index in [1.807, 2.05) is 48.2 Å². The van der Waals surface area contributed by atoms with Gasteiger partial charge in [0, 0.05) is 81.2 Å². The van der Waals surface area contributed by atoms with Gasteiger partial charge in [-0.3, -0.25) is 24.7 Å². The molecule has 2 aliphatic carbocycles. The molecule has 2 saturated heterocycles. The Labute approximate surface area is 466 Å². The van der Waals surface area contributed by atoms with E-state index in [1.165, 1.54) is 23.0 Å². The number of imidazole rings is 1. The predicted molar refractivity (Wildman–Crippen MR) is 309 cm³/mol. The average molecular weight is 1110 g/mol. The van der Waals surface area contributed by atoms with Crippen LogP contribution in [-0.4, -0.2) is 125 Å². The van der Waals surface area contributed by atoms with Gasteiger partial charge in [-0.25, -0.2) is 18.1 Å². The molecular weight excluding hydrogens is 1030 g/mol. The van der Waals surface area contributed by atoms with Crippen LogP contribution >= 0.6 is 0 Å². The quantitative estimate of drug-likeness (QED) is 0.0476. The normalized spacial score (nSPS) is 21.8. The number of aromatic nitrogens is 4. The number of piperidine rings is 1. The Balaban J connectivity index is 0.788. The molecule has 0 bridgehead atoms. The first-order valence-corrected chi connectivity index (χ1v) is 29.7. The highest BCUT2D eigenvalue weighted by atomic mass is 32.2. The Hall–Kier alpha value is -7.26. The number of nitro benzene ring substituents is 1. The number of rotatable bonds is 15. The van der Waals surface area contributed by atoms with Crippen molar-refractivity contribution in [2.45, 2.75) is 107 Å². The van der Waals surface area contributed by atoms with E-state index in [0.29, 0.717) is 60.8 Å². The first kappa shape index (κ1) is 53.4. The van der Waals surface area contributed by atoms with E-state index in [4.69, 9.17) is 14.5 Å². The summed E-state index contributed by atoms with van der Waals surface area (Å²) in [6, 6.07) is 28.6. The molecule has 0 radical (unpaired) electrons. The van der Waals surface area contributed by atoms with Gasteiger partial charge in [-0.15, -0.1) is 0 Å². The third-order valence-corrected chi connectivity index (χ3v) is 19.3. The number of nitro groups is 1. The molecule has 420 valence electrons. The van der Waals surface area contributed by atoms with E-state index in [9.17, 15) is 28.4 Å². The maximum atomic E-state index is 14.7. The summed E-state index contributed by atoms with van der Waals surface area (Å²) >= 11 is 0. The van der Waals surface area contributed by atoms with E-state index in [2.05, 4.69) is 89.9 Å². The molecule has 4 aromatic carbocycles. The number of hydrogen-bond donors (Lipinski definition) is 5. The number of benzene rings is 4. The largest absolute Gasteiger partial charge is 0.497 e. The number of aromatic amines is 2. The van der Waals surface area contributed by atoms with Crippen LogP contribution in [0.2, 0.25) is 0 Å². The molecule has 19 nitrogen and oxygen atoms in total. The Bertz CT molecular complexity index is 3560. The van der Waals surface area contributed by atoms with Crippen LogP contribution in [0.4, 0.5) is 28.4 Å². The Morgan fingerprint density at radius 2 is 1.73 bits per heavy atom. The van der Waals surface area contributed by atoms with Crippen molar-refractivity contribution < 1.29 is 32.7 Å². The van der Waals surface area contributed by atoms with Crippen molar-refractivity contribution in [1.82, 2.24) is 34.5 Å². The molecule has 1 atom stereocenters. The molecule has 7 aromatic rings. The van der Waals surface area contributed by atoms with E-state index in [-0.39, 0.29) is 46.3 Å². The van der Waals surface area contributed by atoms with Crippen molar-refractivity contribution in [2.75, 3.05) is 74.6 Å². The SMILES string of the molecule is COc1ccc(CN2CCN(C3CC4(CCN(c5ccc(C(=O)NS(=O)(=O)c6cc([N+](=O)[O-])c(NCC7CCC(C)(O)CC7)c7[nH]cnc67)c(N6CCOc7nc8[nH]ccc8cc76)c5)CC4)C3)C(c3ccccc3C(C)C)C2)cc1. The highest BCUT2D eigenvalue weighted by molar-refractivity contribution is 7.90. The number of sulfonamides is 1. The van der Waals surface area contributed by atoms with Gasteiger partial charge in [0.15, 0.2) is 0 Å². The summed E-state index contributed by atoms with van der Waals surface area (Å²) in [5, 5.41) is 27.2. The molecule has 4 fully saturated rings. The van der Waals surface area contributed by atoms with Crippen LogP contribution in [0, 0.1) is 21.4 Å². The second-order valence-corrected chi connectivity index (χ2v) is 25.2. The summed E-state index contributed by atoms with van der Waals surface area (Å²) in [5.74, 6) is 0.885. The first-order chi connectivity index (χ1) is 38.5. The standard InChI is InChI=1S/C60H71N11O8S/c1-38(2)45-7-5-6-8-46(45)51-36-67(35-40-9-12-44(78-4)13-10-40)25-26-69(51)43-32-60(33-43)20-23-68(24-21-60)42-11-14-47(48(30-42)70-27-28-79-58-50(70)29-41-17-22-61-56(41)65-58)57(72)66-80(76,77)52-31-49(71(74)75)53(55-54(52)63-37-64-55)62-34-39-15-18-59(3,73)19-16-39/h5-14,17,22,29-31,37-39,43,51,62,73H,15-16,18-21,23-28,32-36H2,1-4H3,(H,61,65)(H,63,64)(H,66,72). The lowest BCUT2D eigenvalue weighted by Gasteiger charge is -2.58. The highest BCUT2D eigenvalue weighted by Crippen LogP contribution is 2.54. The number of methoxy groups -OCH3 is 1. The number of anilines is 4. The zero-order chi connectivity index (χ0) is 55.5. The zero-order valence-electron chi connectivity index (χ0n) is 45.9. The number of carbonyl (C=O) groups excluding carboxylic acids is 1. The number of hydrogen-bond acceptors (Lipinski definition) is 15. The maximum Gasteiger partial charge on any atom is 0.296 e. The number of carbonyl (C=O) groups is 1. The molecule has 3 aromatic heterocycles. The van der Waals surface area contributed by atoms with Crippen LogP contribution in [0.25, 0.3) is 22.1 Å². The molecule has 80 heavy (non-hydrogen) atoms. The number of pyridine rings is 1. The molecule has 1 unspecified atom stereocenters. The van der Waals surface area contributed by atoms with Crippen LogP contribution < -0.4 is 29.3 Å². The predicted octanol–water partition coefficient (Wildman–Crippen LogP) is 9.79. The van der Waals surface area contributed by atoms with Crippen LogP contribution in [0.15, 0.2) is 102 Å². The molecule has 5 aliphatic rings. The Morgan fingerprint density at radius 3 is 2.48 bits per heavy atom. The fourth-order valence-electron chi connectivity index (χ4n) is 13.4. The second-order valence-electron chi connectivity index (χ2n) is 23.5. The lowest BCUT2D eigenvalue weighted by atomic mass is 9.59. The first-order valence-electron chi connectivity index (χ1n) is 28.2. The number of piperazine rings is 1. The molecule has 3 aliphatic heterocycles. The summed E-state index contributed by atoms with van der Waals surface area (Å²) in [6.07, 6.45) is 10.1. The molecule has 20 heteroatoms. The van der Waals surface area contributed by atoms with E-state index < -0.39 is 37.0 Å². The number of fused-ring (bicyclic) bond motifs is 3. The van der Waals surface area contributed by atoms with Gasteiger partial charge in [0.1, 0.15) is 39.8 Å². The van der Waals surface area contributed by atoms with E-state index in [0.717, 1.165) is 101 Å². The summed E-state index contributed by atoms with van der Waals surface area (Å²) in [7, 11) is -3.07. The third kappa shape index (κ3) is 10.4. The van der Waals surface area contributed by atoms with Gasteiger partial charge in [-0.05, 0) is 135 Å². The topological polar surface area (TPSA) is 227 Å². The third-order valence-electron chi connectivity index (χ3n) is 18.0. The van der Waals surface area contributed by atoms with Crippen molar-refractivity contribution >= 4 is 66.4 Å². The van der Waals surface area contributed by atoms with Gasteiger partial charge in [-0.2, -0.15) is 4.98 Å². The minimum Gasteiger partial charge on any atom is -0.497 e. The fourth-order valence-corrected chi connectivity index (χ4v) is 14.6. The van der Waals surface area contributed by atoms with Crippen molar-refractivity contribution in [1.29, 1.82) is 0 Å². The van der Waals surface area contributed by atoms with E-state index >= 15 is 0 Å². The number of H-pyrrole nitrogens is 2. The summed E-state index contributed by atoms with van der Waals surface area (Å²) in [5.41, 5.74) is 6.05. The van der Waals surface area contributed by atoms with Gasteiger partial charge < -0.3 is 39.7 Å². The average Bonchev–Trinajstić information content (AvgIpc) is 3.99. The lowest BCUT2D eigenvalue weighted by molar-refractivity contribution is -0.384. The second kappa shape index (κ2) is 21.3. The molecule has 2 saturated carbocycles. The van der Waals surface area contributed by atoms with Gasteiger partial charge in [0.25, 0.3) is 21.6 Å². The fraction of sp³-hybridized carbons (Fsp3) is 0.450. The number of ether oxygens (including phenoxy) is 2. The molecule has 1 amide bonds. The lowest BCUT2D eigenvalue weighted by Crippen LogP contribution is -2.60. The molecular formula is C60H71N11O8S. The van der Waals surface area contributed by atoms with Crippen LogP contribution in [-0.2, 0) is 16.6 Å². The number of nitrogens with zero attached hydrogens (tertiary/aromatic N) is 7. The van der Waals surface area contributed by atoms with Crippen molar-refractivity contribution in [3.05, 3.63) is 130 Å². The van der Waals surface area contributed by atoms with Gasteiger partial charge >= 0.3 is 0 Å². The minimum atomic E-state index is -4.77. The minimum absolute atomic E-state index is 0.0514. The van der Waals surface area contributed by atoms with Crippen LogP contribution in [0.3, 0.4) is 0 Å². The van der Waals surface area contributed by atoms with Crippen molar-refractivity contribution in [3.63, 3.8) is 0 Å². The molecule has 6 heterocycles. The summed E-state index contributed by atoms with van der Waals surface area (Å²) < 4.78 is 42.9. The smallest absolute Gasteiger partial charge is 0.296 e. The van der Waals surface area contributed by atoms with Crippen LogP contribution in [0.1, 0.15) is 111 Å². The van der Waals surface area contributed by atoms with Crippen molar-refractivity contribution in [2.24, 2.45) is 11.3 Å². The summed E-state index contributed by atoms with van der Waals surface area (Å²) in [4.78, 5) is 51.1. The van der Waals surface area contributed by atoms with Gasteiger partial charge in [-0.1, -0.05) is 50.2 Å². The molecule has 1 spiro atoms. The molecule has 12 rings (SSSR count). The maximum absolute atomic E-state index is 14.7. The van der Waals surface area contributed by atoms with Gasteiger partial charge in [0.2, 0.25) is 5.88 Å². The Kier molecular flexibility index (Phi) is 14.2. The van der Waals surface area contributed by atoms with E-state index in [1.54, 1.807) is 19.4 Å². The number of amides is 1. The monoisotopic (exact) mass is 1110 g/mol. The number of aliphatic hydroxyl groups is 1. The molecule has 5 N–H and O–H groups in total. The number of nitrogens with one attached hydrogen (secondary N) is 4. The Morgan fingerprint density at radius 1 is 0.950 bits per heavy atom.